The Morgan fingerprint density at radius 2 is 1.97 bits per heavy atom. The summed E-state index contributed by atoms with van der Waals surface area (Å²) in [7, 11) is 0. The molecular formula is C22H22ClFN4OS. The Kier molecular flexibility index (Phi) is 6.59. The third-order valence-corrected chi connectivity index (χ3v) is 6.32. The second-order valence-electron chi connectivity index (χ2n) is 7.45. The summed E-state index contributed by atoms with van der Waals surface area (Å²) in [6.45, 7) is 2.37. The Hall–Kier alpha value is -2.51. The summed E-state index contributed by atoms with van der Waals surface area (Å²) in [4.78, 5) is 19.1. The van der Waals surface area contributed by atoms with Crippen LogP contribution < -0.4 is 10.2 Å². The molecule has 1 fully saturated rings. The van der Waals surface area contributed by atoms with E-state index >= 15 is 0 Å². The Labute approximate surface area is 184 Å². The van der Waals surface area contributed by atoms with E-state index in [-0.39, 0.29) is 5.91 Å². The number of carbonyl (C=O) groups is 1. The lowest BCUT2D eigenvalue weighted by Crippen LogP contribution is -2.38. The lowest BCUT2D eigenvalue weighted by molar-refractivity contribution is 0.0944. The molecule has 3 aromatic rings. The second kappa shape index (κ2) is 9.53. The van der Waals surface area contributed by atoms with Crippen LogP contribution in [-0.2, 0) is 6.42 Å². The summed E-state index contributed by atoms with van der Waals surface area (Å²) < 4.78 is 17.8. The van der Waals surface area contributed by atoms with E-state index in [9.17, 15) is 9.18 Å². The zero-order valence-electron chi connectivity index (χ0n) is 16.4. The molecule has 5 nitrogen and oxygen atoms in total. The number of benzene rings is 2. The predicted octanol–water partition coefficient (Wildman–Crippen LogP) is 4.57. The van der Waals surface area contributed by atoms with Crippen LogP contribution in [0.15, 0.2) is 48.5 Å². The van der Waals surface area contributed by atoms with Gasteiger partial charge in [-0.2, -0.15) is 4.37 Å². The van der Waals surface area contributed by atoms with Crippen LogP contribution in [0.1, 0.15) is 34.6 Å². The number of aromatic nitrogens is 2. The van der Waals surface area contributed by atoms with Crippen LogP contribution in [0.25, 0.3) is 0 Å². The molecule has 1 aromatic heterocycles. The van der Waals surface area contributed by atoms with Crippen molar-refractivity contribution in [2.75, 3.05) is 24.5 Å². The topological polar surface area (TPSA) is 58.1 Å². The zero-order valence-corrected chi connectivity index (χ0v) is 17.9. The van der Waals surface area contributed by atoms with Gasteiger partial charge in [0.15, 0.2) is 0 Å². The van der Waals surface area contributed by atoms with Crippen molar-refractivity contribution in [3.05, 3.63) is 76.3 Å². The number of rotatable bonds is 6. The minimum atomic E-state index is -0.400. The van der Waals surface area contributed by atoms with Crippen LogP contribution in [0.4, 0.5) is 9.52 Å². The Balaban J connectivity index is 1.25. The van der Waals surface area contributed by atoms with E-state index in [1.807, 2.05) is 24.3 Å². The van der Waals surface area contributed by atoms with Gasteiger partial charge < -0.3 is 10.2 Å². The fourth-order valence-electron chi connectivity index (χ4n) is 3.53. The monoisotopic (exact) mass is 444 g/mol. The maximum atomic E-state index is 13.3. The van der Waals surface area contributed by atoms with Gasteiger partial charge in [-0.3, -0.25) is 4.79 Å². The molecule has 1 aliphatic heterocycles. The summed E-state index contributed by atoms with van der Waals surface area (Å²) in [5.74, 6) is 0.596. The number of nitrogens with one attached hydrogen (secondary N) is 1. The van der Waals surface area contributed by atoms with Crippen molar-refractivity contribution in [2.24, 2.45) is 5.92 Å². The van der Waals surface area contributed by atoms with E-state index in [4.69, 9.17) is 16.6 Å². The summed E-state index contributed by atoms with van der Waals surface area (Å²) in [6.07, 6.45) is 2.63. The molecule has 1 amide bonds. The van der Waals surface area contributed by atoms with Gasteiger partial charge in [-0.05, 0) is 54.7 Å². The van der Waals surface area contributed by atoms with Gasteiger partial charge in [0, 0.05) is 48.2 Å². The van der Waals surface area contributed by atoms with E-state index < -0.39 is 5.82 Å². The molecule has 0 atom stereocenters. The number of carbonyl (C=O) groups excluding carboxylic acids is 1. The molecule has 0 bridgehead atoms. The van der Waals surface area contributed by atoms with Crippen molar-refractivity contribution >= 4 is 34.2 Å². The average molecular weight is 445 g/mol. The number of anilines is 1. The third-order valence-electron chi connectivity index (χ3n) is 5.26. The number of hydrogen-bond donors (Lipinski definition) is 1. The van der Waals surface area contributed by atoms with Crippen LogP contribution in [0.3, 0.4) is 0 Å². The highest BCUT2D eigenvalue weighted by Crippen LogP contribution is 2.25. The molecule has 0 aliphatic carbocycles. The molecule has 1 N–H and O–H groups in total. The first-order valence-corrected chi connectivity index (χ1v) is 11.1. The molecule has 0 spiro atoms. The highest BCUT2D eigenvalue weighted by atomic mass is 35.5. The molecule has 0 saturated carbocycles. The maximum absolute atomic E-state index is 13.3. The van der Waals surface area contributed by atoms with E-state index in [0.717, 1.165) is 47.5 Å². The number of amides is 1. The number of nitrogens with zero attached hydrogens (tertiary/aromatic N) is 3. The number of hydrogen-bond acceptors (Lipinski definition) is 5. The van der Waals surface area contributed by atoms with Gasteiger partial charge in [0.1, 0.15) is 11.6 Å². The SMILES string of the molecule is O=C(NCC1CCN(c2nc(Cc3ccc(Cl)cc3)ns2)CC1)c1cccc(F)c1. The van der Waals surface area contributed by atoms with Gasteiger partial charge in [-0.25, -0.2) is 9.37 Å². The Bertz CT molecular complexity index is 1000. The quantitative estimate of drug-likeness (QED) is 0.605. The number of piperidine rings is 1. The molecule has 0 unspecified atom stereocenters. The highest BCUT2D eigenvalue weighted by molar-refractivity contribution is 7.09. The second-order valence-corrected chi connectivity index (χ2v) is 8.61. The molecule has 2 aromatic carbocycles. The Morgan fingerprint density at radius 3 is 2.70 bits per heavy atom. The third kappa shape index (κ3) is 5.34. The minimum absolute atomic E-state index is 0.229. The fourth-order valence-corrected chi connectivity index (χ4v) is 4.39. The van der Waals surface area contributed by atoms with E-state index in [1.165, 1.54) is 23.7 Å². The standard InChI is InChI=1S/C22H22ClFN4OS/c23-18-6-4-15(5-7-18)12-20-26-22(30-27-20)28-10-8-16(9-11-28)14-25-21(29)17-2-1-3-19(24)13-17/h1-7,13,16H,8-12,14H2,(H,25,29). The maximum Gasteiger partial charge on any atom is 0.251 e. The summed E-state index contributed by atoms with van der Waals surface area (Å²) in [5.41, 5.74) is 1.49. The highest BCUT2D eigenvalue weighted by Gasteiger charge is 2.22. The first-order valence-electron chi connectivity index (χ1n) is 9.92. The lowest BCUT2D eigenvalue weighted by Gasteiger charge is -2.31. The summed E-state index contributed by atoms with van der Waals surface area (Å²) in [5, 5.41) is 4.60. The predicted molar refractivity (Wildman–Crippen MR) is 118 cm³/mol. The van der Waals surface area contributed by atoms with Crippen LogP contribution in [0, 0.1) is 11.7 Å². The minimum Gasteiger partial charge on any atom is -0.352 e. The van der Waals surface area contributed by atoms with Gasteiger partial charge >= 0.3 is 0 Å². The normalized spacial score (nSPS) is 14.7. The molecule has 1 aliphatic rings. The summed E-state index contributed by atoms with van der Waals surface area (Å²) in [6, 6.07) is 13.5. The molecule has 156 valence electrons. The average Bonchev–Trinajstić information content (AvgIpc) is 3.22. The van der Waals surface area contributed by atoms with Crippen LogP contribution >= 0.6 is 23.1 Å². The van der Waals surface area contributed by atoms with E-state index in [0.29, 0.717) is 24.4 Å². The zero-order chi connectivity index (χ0) is 20.9. The molecule has 1 saturated heterocycles. The van der Waals surface area contributed by atoms with Crippen molar-refractivity contribution in [1.29, 1.82) is 0 Å². The van der Waals surface area contributed by atoms with Crippen molar-refractivity contribution in [3.8, 4) is 0 Å². The molecular weight excluding hydrogens is 423 g/mol. The van der Waals surface area contributed by atoms with Crippen molar-refractivity contribution < 1.29 is 9.18 Å². The van der Waals surface area contributed by atoms with Gasteiger partial charge in [0.05, 0.1) is 0 Å². The van der Waals surface area contributed by atoms with Crippen LogP contribution in [0.5, 0.6) is 0 Å². The van der Waals surface area contributed by atoms with Crippen molar-refractivity contribution in [3.63, 3.8) is 0 Å². The molecule has 0 radical (unpaired) electrons. The molecule has 8 heteroatoms. The molecule has 4 rings (SSSR count). The number of halogens is 2. The first kappa shape index (κ1) is 20.8. The van der Waals surface area contributed by atoms with Gasteiger partial charge in [-0.15, -0.1) is 0 Å². The molecule has 30 heavy (non-hydrogen) atoms. The van der Waals surface area contributed by atoms with Gasteiger partial charge in [-0.1, -0.05) is 29.8 Å². The van der Waals surface area contributed by atoms with Gasteiger partial charge in [0.25, 0.3) is 5.91 Å². The van der Waals surface area contributed by atoms with E-state index in [2.05, 4.69) is 14.6 Å². The summed E-state index contributed by atoms with van der Waals surface area (Å²) >= 11 is 7.37. The molecule has 2 heterocycles. The Morgan fingerprint density at radius 1 is 1.20 bits per heavy atom. The fraction of sp³-hybridized carbons (Fsp3) is 0.318. The van der Waals surface area contributed by atoms with E-state index in [1.54, 1.807) is 12.1 Å². The van der Waals surface area contributed by atoms with Crippen molar-refractivity contribution in [1.82, 2.24) is 14.7 Å². The smallest absolute Gasteiger partial charge is 0.251 e. The lowest BCUT2D eigenvalue weighted by atomic mass is 9.97. The van der Waals surface area contributed by atoms with Gasteiger partial charge in [0.2, 0.25) is 5.13 Å². The van der Waals surface area contributed by atoms with Crippen LogP contribution in [-0.4, -0.2) is 34.9 Å². The first-order chi connectivity index (χ1) is 14.6. The largest absolute Gasteiger partial charge is 0.352 e. The van der Waals surface area contributed by atoms with Crippen molar-refractivity contribution in [2.45, 2.75) is 19.3 Å². The van der Waals surface area contributed by atoms with Crippen LogP contribution in [0.2, 0.25) is 5.02 Å².